The van der Waals surface area contributed by atoms with Gasteiger partial charge in [-0.05, 0) is 31.6 Å². The summed E-state index contributed by atoms with van der Waals surface area (Å²) >= 11 is 0. The van der Waals surface area contributed by atoms with Gasteiger partial charge in [-0.1, -0.05) is 39.8 Å². The number of nitrogens with zero attached hydrogens (tertiary/aromatic N) is 1. The summed E-state index contributed by atoms with van der Waals surface area (Å²) in [5, 5.41) is 0. The minimum Gasteiger partial charge on any atom is -0.320 e. The Morgan fingerprint density at radius 1 is 1.00 bits per heavy atom. The normalized spacial score (nSPS) is 13.0. The molecule has 0 aliphatic rings. The molecule has 0 saturated carbocycles. The molecular formula is C12H27NSi. The van der Waals surface area contributed by atoms with Crippen molar-refractivity contribution >= 4 is 8.24 Å². The molecule has 0 aromatic heterocycles. The molecule has 0 heterocycles. The third-order valence-corrected chi connectivity index (χ3v) is 9.38. The summed E-state index contributed by atoms with van der Waals surface area (Å²) in [6, 6.07) is 4.18. The van der Waals surface area contributed by atoms with Crippen molar-refractivity contribution in [3.8, 4) is 0 Å². The van der Waals surface area contributed by atoms with E-state index in [0.29, 0.717) is 0 Å². The zero-order valence-corrected chi connectivity index (χ0v) is 11.6. The van der Waals surface area contributed by atoms with E-state index in [0.717, 1.165) is 6.54 Å². The molecule has 0 spiro atoms. The van der Waals surface area contributed by atoms with Crippen molar-refractivity contribution in [2.75, 3.05) is 13.1 Å². The van der Waals surface area contributed by atoms with Gasteiger partial charge in [0.1, 0.15) is 8.24 Å². The molecule has 0 N–H and O–H groups in total. The van der Waals surface area contributed by atoms with Gasteiger partial charge < -0.3 is 4.57 Å². The van der Waals surface area contributed by atoms with Crippen LogP contribution in [-0.4, -0.2) is 25.9 Å². The lowest BCUT2D eigenvalue weighted by Crippen LogP contribution is -2.52. The molecule has 0 fully saturated rings. The minimum atomic E-state index is -1.10. The molecule has 0 rings (SSSR count). The van der Waals surface area contributed by atoms with Crippen LogP contribution in [0, 0.1) is 0 Å². The quantitative estimate of drug-likeness (QED) is 0.458. The Hall–Kier alpha value is -0.0831. The first kappa shape index (κ1) is 13.9. The molecule has 0 saturated heterocycles. The molecule has 0 unspecified atom stereocenters. The van der Waals surface area contributed by atoms with Crippen molar-refractivity contribution in [3.63, 3.8) is 0 Å². The van der Waals surface area contributed by atoms with Crippen LogP contribution in [0.5, 0.6) is 0 Å². The fourth-order valence-electron chi connectivity index (χ4n) is 2.31. The third-order valence-electron chi connectivity index (χ3n) is 3.59. The van der Waals surface area contributed by atoms with Crippen molar-refractivity contribution in [2.45, 2.75) is 52.8 Å². The van der Waals surface area contributed by atoms with E-state index in [1.54, 1.807) is 0 Å². The maximum Gasteiger partial charge on any atom is 0.127 e. The predicted octanol–water partition coefficient (Wildman–Crippen LogP) is 3.89. The van der Waals surface area contributed by atoms with E-state index in [2.05, 4.69) is 51.3 Å². The smallest absolute Gasteiger partial charge is 0.127 e. The largest absolute Gasteiger partial charge is 0.320 e. The second-order valence-corrected chi connectivity index (χ2v) is 9.10. The molecule has 14 heavy (non-hydrogen) atoms. The Balaban J connectivity index is 4.56. The number of hydrogen-bond acceptors (Lipinski definition) is 1. The molecule has 0 aliphatic carbocycles. The summed E-state index contributed by atoms with van der Waals surface area (Å²) in [5.41, 5.74) is 0. The van der Waals surface area contributed by atoms with E-state index in [1.165, 1.54) is 24.7 Å². The summed E-state index contributed by atoms with van der Waals surface area (Å²) in [5.74, 6) is 0. The fraction of sp³-hybridized carbons (Fsp3) is 0.833. The molecule has 0 bridgehead atoms. The average Bonchev–Trinajstić information content (AvgIpc) is 2.25. The highest BCUT2D eigenvalue weighted by Gasteiger charge is 2.32. The summed E-state index contributed by atoms with van der Waals surface area (Å²) in [6.07, 6.45) is 4.47. The van der Waals surface area contributed by atoms with Crippen LogP contribution < -0.4 is 0 Å². The fourth-order valence-corrected chi connectivity index (χ4v) is 6.32. The molecular weight excluding hydrogens is 186 g/mol. The summed E-state index contributed by atoms with van der Waals surface area (Å²) in [4.78, 5) is 0. The molecule has 0 aromatic rings. The highest BCUT2D eigenvalue weighted by molar-refractivity contribution is 6.77. The molecule has 0 amide bonds. The van der Waals surface area contributed by atoms with Crippen LogP contribution in [0.3, 0.4) is 0 Å². The second-order valence-electron chi connectivity index (χ2n) is 3.89. The lowest BCUT2D eigenvalue weighted by molar-refractivity contribution is 0.477. The van der Waals surface area contributed by atoms with Crippen molar-refractivity contribution < 1.29 is 0 Å². The maximum atomic E-state index is 2.74. The average molecular weight is 213 g/mol. The van der Waals surface area contributed by atoms with Gasteiger partial charge in [0.15, 0.2) is 0 Å². The summed E-state index contributed by atoms with van der Waals surface area (Å²) < 4.78 is 2.74. The van der Waals surface area contributed by atoms with E-state index in [1.807, 2.05) is 0 Å². The highest BCUT2D eigenvalue weighted by atomic mass is 28.3. The van der Waals surface area contributed by atoms with E-state index in [4.69, 9.17) is 0 Å². The number of allylic oxidation sites excluding steroid dienone is 1. The molecule has 2 heteroatoms. The van der Waals surface area contributed by atoms with Gasteiger partial charge in [-0.15, -0.1) is 0 Å². The van der Waals surface area contributed by atoms with E-state index >= 15 is 0 Å². The first-order chi connectivity index (χ1) is 6.70. The van der Waals surface area contributed by atoms with Crippen LogP contribution in [0.1, 0.15) is 34.6 Å². The van der Waals surface area contributed by atoms with Gasteiger partial charge in [0.05, 0.1) is 0 Å². The lowest BCUT2D eigenvalue weighted by Gasteiger charge is -2.39. The summed E-state index contributed by atoms with van der Waals surface area (Å²) in [6.45, 7) is 13.9. The Bertz CT molecular complexity index is 153. The van der Waals surface area contributed by atoms with Crippen molar-refractivity contribution in [2.24, 2.45) is 0 Å². The first-order valence-corrected chi connectivity index (χ1v) is 8.63. The minimum absolute atomic E-state index is 1.10. The van der Waals surface area contributed by atoms with Crippen LogP contribution in [0.15, 0.2) is 12.2 Å². The van der Waals surface area contributed by atoms with Crippen molar-refractivity contribution in [1.82, 2.24) is 4.57 Å². The molecule has 0 aromatic carbocycles. The third kappa shape index (κ3) is 3.25. The standard InChI is InChI=1S/C12H27NSi/c1-6-11-12-13(7-2)14(8-3,9-4)10-5/h6,11H,7-10,12H2,1-5H3. The van der Waals surface area contributed by atoms with E-state index in [-0.39, 0.29) is 0 Å². The van der Waals surface area contributed by atoms with Crippen molar-refractivity contribution in [1.29, 1.82) is 0 Å². The zero-order chi connectivity index (χ0) is 11.0. The Labute approximate surface area is 91.3 Å². The molecule has 0 aliphatic heterocycles. The van der Waals surface area contributed by atoms with Gasteiger partial charge in [-0.3, -0.25) is 0 Å². The monoisotopic (exact) mass is 213 g/mol. The Kier molecular flexibility index (Phi) is 7.20. The molecule has 84 valence electrons. The van der Waals surface area contributed by atoms with E-state index in [9.17, 15) is 0 Å². The van der Waals surface area contributed by atoms with Crippen LogP contribution >= 0.6 is 0 Å². The number of rotatable bonds is 7. The Morgan fingerprint density at radius 2 is 1.50 bits per heavy atom. The van der Waals surface area contributed by atoms with Crippen LogP contribution in [0.4, 0.5) is 0 Å². The topological polar surface area (TPSA) is 3.24 Å². The summed E-state index contributed by atoms with van der Waals surface area (Å²) in [7, 11) is -1.10. The number of likely N-dealkylation sites (N-methyl/N-ethyl adjacent to an activating group) is 1. The maximum absolute atomic E-state index is 2.74. The van der Waals surface area contributed by atoms with Crippen LogP contribution in [-0.2, 0) is 0 Å². The van der Waals surface area contributed by atoms with Gasteiger partial charge in [0.2, 0.25) is 0 Å². The Morgan fingerprint density at radius 3 is 1.79 bits per heavy atom. The van der Waals surface area contributed by atoms with Gasteiger partial charge in [0.25, 0.3) is 0 Å². The van der Waals surface area contributed by atoms with Crippen LogP contribution in [0.2, 0.25) is 18.1 Å². The van der Waals surface area contributed by atoms with Crippen molar-refractivity contribution in [3.05, 3.63) is 12.2 Å². The highest BCUT2D eigenvalue weighted by Crippen LogP contribution is 2.24. The van der Waals surface area contributed by atoms with Gasteiger partial charge in [-0.2, -0.15) is 0 Å². The SMILES string of the molecule is CC=CCN(CC)[Si](CC)(CC)CC. The molecule has 0 radical (unpaired) electrons. The lowest BCUT2D eigenvalue weighted by atomic mass is 10.5. The zero-order valence-electron chi connectivity index (χ0n) is 10.6. The number of hydrogen-bond donors (Lipinski definition) is 0. The van der Waals surface area contributed by atoms with E-state index < -0.39 is 8.24 Å². The molecule has 1 nitrogen and oxygen atoms in total. The van der Waals surface area contributed by atoms with Crippen LogP contribution in [0.25, 0.3) is 0 Å². The second kappa shape index (κ2) is 7.24. The molecule has 0 atom stereocenters. The predicted molar refractivity (Wildman–Crippen MR) is 69.3 cm³/mol. The van der Waals surface area contributed by atoms with Gasteiger partial charge in [0, 0.05) is 6.54 Å². The first-order valence-electron chi connectivity index (χ1n) is 6.06. The van der Waals surface area contributed by atoms with Gasteiger partial charge >= 0.3 is 0 Å². The van der Waals surface area contributed by atoms with Gasteiger partial charge in [-0.25, -0.2) is 0 Å².